The molecular weight excluding hydrogens is 136 g/mol. The fraction of sp³-hybridized carbons (Fsp3) is 0.667. The summed E-state index contributed by atoms with van der Waals surface area (Å²) < 4.78 is 0. The van der Waals surface area contributed by atoms with Crippen LogP contribution in [0.1, 0.15) is 12.8 Å². The Hall–Kier alpha value is -0.600. The van der Waals surface area contributed by atoms with Crippen molar-refractivity contribution in [3.63, 3.8) is 0 Å². The molecule has 0 aromatic rings. The molecule has 1 unspecified atom stereocenters. The van der Waals surface area contributed by atoms with Crippen LogP contribution in [-0.4, -0.2) is 23.2 Å². The normalized spacial score (nSPS) is 12.5. The Morgan fingerprint density at radius 1 is 1.50 bits per heavy atom. The summed E-state index contributed by atoms with van der Waals surface area (Å²) >= 11 is 0. The molecule has 10 heavy (non-hydrogen) atoms. The van der Waals surface area contributed by atoms with Crippen molar-refractivity contribution in [1.82, 2.24) is 0 Å². The first kappa shape index (κ1) is 9.40. The molecule has 0 aromatic heterocycles. The molecule has 0 aliphatic carbocycles. The Kier molecular flexibility index (Phi) is 6.13. The van der Waals surface area contributed by atoms with E-state index in [1.807, 2.05) is 0 Å². The maximum Gasteiger partial charge on any atom is 0.153 e. The van der Waals surface area contributed by atoms with Crippen LogP contribution in [0.4, 0.5) is 0 Å². The molecular formula is C6H10O4. The lowest BCUT2D eigenvalue weighted by Gasteiger charge is -2.03. The van der Waals surface area contributed by atoms with Crippen LogP contribution in [0.2, 0.25) is 0 Å². The van der Waals surface area contributed by atoms with Crippen molar-refractivity contribution in [3.8, 4) is 12.3 Å². The van der Waals surface area contributed by atoms with Crippen molar-refractivity contribution in [1.29, 1.82) is 0 Å². The number of terminal acetylenes is 1. The molecule has 2 N–H and O–H groups in total. The van der Waals surface area contributed by atoms with Gasteiger partial charge >= 0.3 is 0 Å². The quantitative estimate of drug-likeness (QED) is 0.260. The van der Waals surface area contributed by atoms with Gasteiger partial charge in [0.15, 0.2) is 6.10 Å². The minimum Gasteiger partial charge on any atom is -0.252 e. The van der Waals surface area contributed by atoms with Gasteiger partial charge < -0.3 is 0 Å². The molecule has 0 spiro atoms. The minimum atomic E-state index is -0.602. The van der Waals surface area contributed by atoms with E-state index < -0.39 is 6.10 Å². The number of rotatable bonds is 5. The number of hydrogen-bond donors (Lipinski definition) is 2. The summed E-state index contributed by atoms with van der Waals surface area (Å²) in [7, 11) is 0. The maximum atomic E-state index is 8.08. The molecule has 0 radical (unpaired) electrons. The minimum absolute atomic E-state index is 0.196. The monoisotopic (exact) mass is 146 g/mol. The van der Waals surface area contributed by atoms with Gasteiger partial charge in [-0.3, -0.25) is 10.5 Å². The third kappa shape index (κ3) is 4.30. The van der Waals surface area contributed by atoms with Crippen LogP contribution in [-0.2, 0) is 9.78 Å². The summed E-state index contributed by atoms with van der Waals surface area (Å²) in [5.41, 5.74) is 0. The average Bonchev–Trinajstić information content (AvgIpc) is 1.99. The zero-order valence-electron chi connectivity index (χ0n) is 5.49. The van der Waals surface area contributed by atoms with Crippen LogP contribution >= 0.6 is 0 Å². The van der Waals surface area contributed by atoms with Crippen molar-refractivity contribution in [2.24, 2.45) is 0 Å². The first-order chi connectivity index (χ1) is 4.85. The summed E-state index contributed by atoms with van der Waals surface area (Å²) in [6, 6.07) is 0. The highest BCUT2D eigenvalue weighted by Gasteiger charge is 2.02. The van der Waals surface area contributed by atoms with E-state index in [1.165, 1.54) is 0 Å². The Morgan fingerprint density at radius 3 is 2.60 bits per heavy atom. The highest BCUT2D eigenvalue weighted by atomic mass is 17.1. The van der Waals surface area contributed by atoms with E-state index in [9.17, 15) is 0 Å². The molecule has 1 atom stereocenters. The predicted octanol–water partition coefficient (Wildman–Crippen LogP) is 0.748. The van der Waals surface area contributed by atoms with Gasteiger partial charge in [-0.05, 0) is 12.8 Å². The van der Waals surface area contributed by atoms with Crippen LogP contribution in [0, 0.1) is 12.3 Å². The summed E-state index contributed by atoms with van der Waals surface area (Å²) in [6.45, 7) is 0.196. The van der Waals surface area contributed by atoms with Gasteiger partial charge in [-0.15, -0.1) is 6.42 Å². The van der Waals surface area contributed by atoms with Gasteiger partial charge in [-0.25, -0.2) is 9.78 Å². The molecule has 0 saturated carbocycles. The van der Waals surface area contributed by atoms with Crippen molar-refractivity contribution in [3.05, 3.63) is 0 Å². The second-order valence-electron chi connectivity index (χ2n) is 1.74. The molecule has 0 fully saturated rings. The van der Waals surface area contributed by atoms with Crippen LogP contribution in [0.3, 0.4) is 0 Å². The fourth-order valence-electron chi connectivity index (χ4n) is 0.500. The molecule has 0 aliphatic heterocycles. The molecule has 58 valence electrons. The zero-order chi connectivity index (χ0) is 7.82. The van der Waals surface area contributed by atoms with E-state index in [-0.39, 0.29) is 6.61 Å². The topological polar surface area (TPSA) is 58.9 Å². The van der Waals surface area contributed by atoms with E-state index in [0.717, 1.165) is 0 Å². The van der Waals surface area contributed by atoms with Gasteiger partial charge in [0.1, 0.15) is 0 Å². The zero-order valence-corrected chi connectivity index (χ0v) is 5.49. The van der Waals surface area contributed by atoms with Crippen molar-refractivity contribution >= 4 is 0 Å². The van der Waals surface area contributed by atoms with Crippen molar-refractivity contribution < 1.29 is 20.3 Å². The Morgan fingerprint density at radius 2 is 2.20 bits per heavy atom. The fourth-order valence-corrected chi connectivity index (χ4v) is 0.500. The van der Waals surface area contributed by atoms with Crippen LogP contribution in [0.5, 0.6) is 0 Å². The molecule has 0 heterocycles. The average molecular weight is 146 g/mol. The van der Waals surface area contributed by atoms with E-state index in [0.29, 0.717) is 12.8 Å². The molecule has 0 aromatic carbocycles. The van der Waals surface area contributed by atoms with Gasteiger partial charge in [0.05, 0.1) is 6.61 Å². The summed E-state index contributed by atoms with van der Waals surface area (Å²) in [5, 5.41) is 15.9. The highest BCUT2D eigenvalue weighted by Crippen LogP contribution is 1.98. The smallest absolute Gasteiger partial charge is 0.153 e. The number of hydrogen-bond acceptors (Lipinski definition) is 4. The summed E-state index contributed by atoms with van der Waals surface area (Å²) in [5.74, 6) is 2.20. The lowest BCUT2D eigenvalue weighted by atomic mass is 10.2. The second kappa shape index (κ2) is 6.52. The third-order valence-electron chi connectivity index (χ3n) is 1.02. The predicted molar refractivity (Wildman–Crippen MR) is 34.1 cm³/mol. The molecule has 0 amide bonds. The molecule has 0 bridgehead atoms. The van der Waals surface area contributed by atoms with Gasteiger partial charge in [-0.2, -0.15) is 0 Å². The first-order valence-electron chi connectivity index (χ1n) is 2.88. The van der Waals surface area contributed by atoms with Crippen molar-refractivity contribution in [2.75, 3.05) is 6.61 Å². The molecule has 0 aliphatic rings. The van der Waals surface area contributed by atoms with Crippen LogP contribution in [0.25, 0.3) is 0 Å². The molecule has 0 saturated heterocycles. The summed E-state index contributed by atoms with van der Waals surface area (Å²) in [4.78, 5) is 7.65. The SMILES string of the molecule is C#CC(CCCOO)OO. The second-order valence-corrected chi connectivity index (χ2v) is 1.74. The first-order valence-corrected chi connectivity index (χ1v) is 2.88. The van der Waals surface area contributed by atoms with Crippen LogP contribution in [0.15, 0.2) is 0 Å². The van der Waals surface area contributed by atoms with E-state index in [4.69, 9.17) is 16.9 Å². The third-order valence-corrected chi connectivity index (χ3v) is 1.02. The van der Waals surface area contributed by atoms with Gasteiger partial charge in [0, 0.05) is 0 Å². The van der Waals surface area contributed by atoms with E-state index in [2.05, 4.69) is 15.7 Å². The molecule has 4 nitrogen and oxygen atoms in total. The standard InChI is InChI=1S/C6H10O4/c1-2-6(10-8)4-3-5-9-7/h1,6-8H,3-5H2. The molecule has 0 rings (SSSR count). The van der Waals surface area contributed by atoms with Crippen molar-refractivity contribution in [2.45, 2.75) is 18.9 Å². The Balaban J connectivity index is 3.20. The lowest BCUT2D eigenvalue weighted by molar-refractivity contribution is -0.269. The summed E-state index contributed by atoms with van der Waals surface area (Å²) in [6.07, 6.45) is 5.34. The molecule has 4 heteroatoms. The van der Waals surface area contributed by atoms with Gasteiger partial charge in [0.2, 0.25) is 0 Å². The lowest BCUT2D eigenvalue weighted by Crippen LogP contribution is -2.08. The highest BCUT2D eigenvalue weighted by molar-refractivity contribution is 4.93. The van der Waals surface area contributed by atoms with Gasteiger partial charge in [-0.1, -0.05) is 5.92 Å². The Bertz CT molecular complexity index is 107. The van der Waals surface area contributed by atoms with Gasteiger partial charge in [0.25, 0.3) is 0 Å². The Labute approximate surface area is 59.2 Å². The van der Waals surface area contributed by atoms with E-state index >= 15 is 0 Å². The van der Waals surface area contributed by atoms with E-state index in [1.54, 1.807) is 0 Å². The maximum absolute atomic E-state index is 8.08. The largest absolute Gasteiger partial charge is 0.252 e. The van der Waals surface area contributed by atoms with Crippen LogP contribution < -0.4 is 0 Å².